The lowest BCUT2D eigenvalue weighted by atomic mass is 10.0. The van der Waals surface area contributed by atoms with Crippen LogP contribution in [0.2, 0.25) is 0 Å². The summed E-state index contributed by atoms with van der Waals surface area (Å²) in [6.07, 6.45) is 4.54. The van der Waals surface area contributed by atoms with Gasteiger partial charge in [0.2, 0.25) is 0 Å². The first-order valence-electron chi connectivity index (χ1n) is 8.86. The zero-order valence-electron chi connectivity index (χ0n) is 15.0. The van der Waals surface area contributed by atoms with Crippen molar-refractivity contribution in [3.63, 3.8) is 0 Å². The lowest BCUT2D eigenvalue weighted by Gasteiger charge is -2.45. The monoisotopic (exact) mass is 347 g/mol. The first kappa shape index (κ1) is 19.1. The molecule has 1 N–H and O–H groups in total. The zero-order valence-corrected chi connectivity index (χ0v) is 15.9. The summed E-state index contributed by atoms with van der Waals surface area (Å²) >= 11 is 0. The van der Waals surface area contributed by atoms with Gasteiger partial charge in [-0.3, -0.25) is 4.90 Å². The van der Waals surface area contributed by atoms with E-state index in [4.69, 9.17) is 4.74 Å². The van der Waals surface area contributed by atoms with E-state index in [2.05, 4.69) is 37.3 Å². The van der Waals surface area contributed by atoms with Crippen molar-refractivity contribution in [1.29, 1.82) is 0 Å². The highest BCUT2D eigenvalue weighted by Gasteiger charge is 2.34. The largest absolute Gasteiger partial charge is 0.373 e. The Morgan fingerprint density at radius 1 is 1.04 bits per heavy atom. The average Bonchev–Trinajstić information content (AvgIpc) is 2.74. The standard InChI is InChI=1S/C16H33N3O3S/c1-14-11-18(12-15(2)22-14)16(3,4)13-17-23(20,21)19-9-7-5-6-8-10-19/h14-15,17H,5-13H2,1-4H3. The van der Waals surface area contributed by atoms with E-state index in [0.29, 0.717) is 19.6 Å². The summed E-state index contributed by atoms with van der Waals surface area (Å²) in [5.74, 6) is 0. The summed E-state index contributed by atoms with van der Waals surface area (Å²) < 4.78 is 35.4. The Bertz CT molecular complexity index is 463. The third-order valence-corrected chi connectivity index (χ3v) is 6.42. The molecule has 2 aliphatic rings. The van der Waals surface area contributed by atoms with Crippen LogP contribution in [0.3, 0.4) is 0 Å². The summed E-state index contributed by atoms with van der Waals surface area (Å²) in [6.45, 7) is 11.7. The minimum Gasteiger partial charge on any atom is -0.373 e. The van der Waals surface area contributed by atoms with Crippen molar-refractivity contribution in [2.45, 2.75) is 71.1 Å². The molecule has 2 atom stereocenters. The lowest BCUT2D eigenvalue weighted by molar-refractivity contribution is -0.0945. The Morgan fingerprint density at radius 3 is 2.09 bits per heavy atom. The fourth-order valence-corrected chi connectivity index (χ4v) is 4.88. The fraction of sp³-hybridized carbons (Fsp3) is 1.00. The highest BCUT2D eigenvalue weighted by Crippen LogP contribution is 2.21. The van der Waals surface area contributed by atoms with Crippen molar-refractivity contribution in [3.8, 4) is 0 Å². The van der Waals surface area contributed by atoms with Gasteiger partial charge in [-0.2, -0.15) is 12.7 Å². The first-order chi connectivity index (χ1) is 10.7. The highest BCUT2D eigenvalue weighted by atomic mass is 32.2. The second-order valence-electron chi connectivity index (χ2n) is 7.61. The third-order valence-electron chi connectivity index (χ3n) is 4.87. The molecule has 0 aromatic carbocycles. The summed E-state index contributed by atoms with van der Waals surface area (Å²) in [7, 11) is -3.38. The van der Waals surface area contributed by atoms with Gasteiger partial charge < -0.3 is 4.74 Å². The van der Waals surface area contributed by atoms with Crippen LogP contribution >= 0.6 is 0 Å². The van der Waals surface area contributed by atoms with Gasteiger partial charge in [-0.05, 0) is 40.5 Å². The molecule has 0 aromatic heterocycles. The van der Waals surface area contributed by atoms with Crippen LogP contribution in [-0.2, 0) is 14.9 Å². The van der Waals surface area contributed by atoms with Crippen LogP contribution in [0.15, 0.2) is 0 Å². The summed E-state index contributed by atoms with van der Waals surface area (Å²) in [5.41, 5.74) is -0.231. The summed E-state index contributed by atoms with van der Waals surface area (Å²) in [4.78, 5) is 2.33. The number of morpholine rings is 1. The Labute approximate surface area is 141 Å². The Balaban J connectivity index is 1.94. The molecule has 2 saturated heterocycles. The van der Waals surface area contributed by atoms with E-state index in [1.807, 2.05) is 0 Å². The van der Waals surface area contributed by atoms with Crippen molar-refractivity contribution < 1.29 is 13.2 Å². The molecule has 2 rings (SSSR count). The predicted octanol–water partition coefficient (Wildman–Crippen LogP) is 1.58. The van der Waals surface area contributed by atoms with Crippen LogP contribution in [0.1, 0.15) is 53.4 Å². The molecule has 7 heteroatoms. The maximum atomic E-state index is 12.6. The first-order valence-corrected chi connectivity index (χ1v) is 10.3. The van der Waals surface area contributed by atoms with E-state index in [0.717, 1.165) is 38.8 Å². The molecule has 23 heavy (non-hydrogen) atoms. The van der Waals surface area contributed by atoms with Crippen LogP contribution in [0.4, 0.5) is 0 Å². The van der Waals surface area contributed by atoms with Gasteiger partial charge >= 0.3 is 0 Å². The van der Waals surface area contributed by atoms with Gasteiger partial charge in [-0.1, -0.05) is 12.8 Å². The van der Waals surface area contributed by atoms with Crippen molar-refractivity contribution in [3.05, 3.63) is 0 Å². The minimum atomic E-state index is -3.38. The van der Waals surface area contributed by atoms with Crippen molar-refractivity contribution in [1.82, 2.24) is 13.9 Å². The molecule has 0 aromatic rings. The van der Waals surface area contributed by atoms with E-state index >= 15 is 0 Å². The van der Waals surface area contributed by atoms with Gasteiger partial charge in [0.25, 0.3) is 10.2 Å². The SMILES string of the molecule is CC1CN(C(C)(C)CNS(=O)(=O)N2CCCCCC2)CC(C)O1. The van der Waals surface area contributed by atoms with Crippen LogP contribution in [0.25, 0.3) is 0 Å². The predicted molar refractivity (Wildman–Crippen MR) is 92.6 cm³/mol. The van der Waals surface area contributed by atoms with Crippen LogP contribution in [-0.4, -0.2) is 68.1 Å². The van der Waals surface area contributed by atoms with Gasteiger partial charge in [-0.15, -0.1) is 0 Å². The maximum Gasteiger partial charge on any atom is 0.279 e. The van der Waals surface area contributed by atoms with E-state index in [-0.39, 0.29) is 17.7 Å². The normalized spacial score (nSPS) is 29.4. The van der Waals surface area contributed by atoms with Gasteiger partial charge in [0.1, 0.15) is 0 Å². The molecule has 0 bridgehead atoms. The van der Waals surface area contributed by atoms with Gasteiger partial charge in [0, 0.05) is 38.3 Å². The smallest absolute Gasteiger partial charge is 0.279 e. The van der Waals surface area contributed by atoms with E-state index in [9.17, 15) is 8.42 Å². The lowest BCUT2D eigenvalue weighted by Crippen LogP contribution is -2.59. The molecule has 2 aliphatic heterocycles. The van der Waals surface area contributed by atoms with Gasteiger partial charge in [-0.25, -0.2) is 4.72 Å². The number of hydrogen-bond acceptors (Lipinski definition) is 4. The Kier molecular flexibility index (Phi) is 6.47. The fourth-order valence-electron chi connectivity index (χ4n) is 3.43. The summed E-state index contributed by atoms with van der Waals surface area (Å²) in [6, 6.07) is 0. The second kappa shape index (κ2) is 7.78. The van der Waals surface area contributed by atoms with Crippen LogP contribution in [0.5, 0.6) is 0 Å². The Morgan fingerprint density at radius 2 is 1.57 bits per heavy atom. The molecule has 0 aliphatic carbocycles. The maximum absolute atomic E-state index is 12.6. The van der Waals surface area contributed by atoms with Crippen LogP contribution < -0.4 is 4.72 Å². The molecular weight excluding hydrogens is 314 g/mol. The van der Waals surface area contributed by atoms with Crippen molar-refractivity contribution in [2.24, 2.45) is 0 Å². The van der Waals surface area contributed by atoms with E-state index in [1.54, 1.807) is 4.31 Å². The number of ether oxygens (including phenoxy) is 1. The molecule has 0 amide bonds. The molecule has 6 nitrogen and oxygen atoms in total. The molecule has 0 radical (unpaired) electrons. The number of nitrogens with zero attached hydrogens (tertiary/aromatic N) is 2. The second-order valence-corrected chi connectivity index (χ2v) is 9.37. The molecular formula is C16H33N3O3S. The molecule has 136 valence electrons. The number of hydrogen-bond donors (Lipinski definition) is 1. The number of nitrogens with one attached hydrogen (secondary N) is 1. The van der Waals surface area contributed by atoms with Crippen molar-refractivity contribution >= 4 is 10.2 Å². The minimum absolute atomic E-state index is 0.181. The quantitative estimate of drug-likeness (QED) is 0.820. The van der Waals surface area contributed by atoms with E-state index in [1.165, 1.54) is 0 Å². The molecule has 0 spiro atoms. The topological polar surface area (TPSA) is 61.9 Å². The zero-order chi connectivity index (χ0) is 17.1. The molecule has 2 heterocycles. The number of rotatable bonds is 5. The third kappa shape index (κ3) is 5.39. The van der Waals surface area contributed by atoms with Gasteiger partial charge in [0.15, 0.2) is 0 Å². The van der Waals surface area contributed by atoms with Crippen molar-refractivity contribution in [2.75, 3.05) is 32.7 Å². The summed E-state index contributed by atoms with van der Waals surface area (Å²) in [5, 5.41) is 0. The van der Waals surface area contributed by atoms with Crippen LogP contribution in [0, 0.1) is 0 Å². The molecule has 0 saturated carbocycles. The molecule has 2 fully saturated rings. The van der Waals surface area contributed by atoms with Gasteiger partial charge in [0.05, 0.1) is 12.2 Å². The average molecular weight is 348 g/mol. The Hall–Kier alpha value is -0.210. The van der Waals surface area contributed by atoms with E-state index < -0.39 is 10.2 Å². The molecule has 2 unspecified atom stereocenters. The highest BCUT2D eigenvalue weighted by molar-refractivity contribution is 7.87.